The van der Waals surface area contributed by atoms with Gasteiger partial charge in [-0.25, -0.2) is 0 Å². The molecule has 31 rings (SSSR count). The summed E-state index contributed by atoms with van der Waals surface area (Å²) in [5, 5.41) is 29.0. The SMILES string of the molecule is c1ccc(-c2c(-c3ccc4c(c3)c3ccccc3n4-c3ccccc3)c3cc(N(c4ccccc4)c4ccccc4)ccc3c3cc4oc5ccccc5c4cc23)cc1.c1ccc(-c2ccc3c(c2)c(-c2ccc4c5ccccc5n(-c5ccccc5)c4c2)cc2cc4c(cc23)sc2ccccc24)cc1.c1cncc(-c2ccc3c(-c4ccc5oc6ccccc6c5c4)cc4cc5c(cc4c3c2)oc2ccccc25)c1. The molecule has 145 heavy (non-hydrogen) atoms. The topological polar surface area (TPSA) is 65.4 Å². The lowest BCUT2D eigenvalue weighted by atomic mass is 9.84. The quantitative estimate of drug-likeness (QED) is 0.121. The molecule has 0 saturated carbocycles. The van der Waals surface area contributed by atoms with E-state index in [0.29, 0.717) is 0 Å². The Balaban J connectivity index is 0.000000105. The molecule has 31 aromatic rings. The summed E-state index contributed by atoms with van der Waals surface area (Å²) in [7, 11) is 0. The van der Waals surface area contributed by atoms with Crippen LogP contribution in [0.4, 0.5) is 17.1 Å². The van der Waals surface area contributed by atoms with Gasteiger partial charge in [0.1, 0.15) is 33.5 Å². The van der Waals surface area contributed by atoms with Crippen molar-refractivity contribution in [3.8, 4) is 78.1 Å². The van der Waals surface area contributed by atoms with Crippen LogP contribution in [0.1, 0.15) is 0 Å². The first-order valence-electron chi connectivity index (χ1n) is 49.4. The van der Waals surface area contributed by atoms with E-state index in [0.717, 1.165) is 111 Å². The highest BCUT2D eigenvalue weighted by Crippen LogP contribution is 2.53. The fourth-order valence-corrected chi connectivity index (χ4v) is 24.1. The van der Waals surface area contributed by atoms with Gasteiger partial charge in [0.15, 0.2) is 0 Å². The molecule has 8 heteroatoms. The number of para-hydroxylation sites is 9. The summed E-state index contributed by atoms with van der Waals surface area (Å²) >= 11 is 1.89. The fourth-order valence-electron chi connectivity index (χ4n) is 23.0. The zero-order valence-electron chi connectivity index (χ0n) is 78.4. The van der Waals surface area contributed by atoms with Crippen LogP contribution in [0.25, 0.3) is 272 Å². The molecule has 0 N–H and O–H groups in total. The van der Waals surface area contributed by atoms with Crippen LogP contribution in [0.5, 0.6) is 0 Å². The van der Waals surface area contributed by atoms with Crippen LogP contribution in [-0.4, -0.2) is 14.1 Å². The Kier molecular flexibility index (Phi) is 19.4. The van der Waals surface area contributed by atoms with Crippen molar-refractivity contribution >= 4 is 223 Å². The van der Waals surface area contributed by atoms with Crippen LogP contribution in [0.3, 0.4) is 0 Å². The van der Waals surface area contributed by atoms with E-state index in [9.17, 15) is 0 Å². The first-order chi connectivity index (χ1) is 71.9. The van der Waals surface area contributed by atoms with Crippen LogP contribution in [0.15, 0.2) is 523 Å². The molecule has 7 heterocycles. The average Bonchev–Trinajstić information content (AvgIpc) is 1.67. The molecule has 0 spiro atoms. The molecular weight excluding hydrogens is 1780 g/mol. The van der Waals surface area contributed by atoms with E-state index in [1.807, 2.05) is 60.1 Å². The minimum absolute atomic E-state index is 0.890. The van der Waals surface area contributed by atoms with E-state index in [1.165, 1.54) is 179 Å². The number of furan rings is 3. The van der Waals surface area contributed by atoms with Gasteiger partial charge in [-0.3, -0.25) is 4.98 Å². The minimum Gasteiger partial charge on any atom is -0.456 e. The Morgan fingerprint density at radius 1 is 0.186 bits per heavy atom. The standard InChI is InChI=1S/C56H36N2O.C44H27NS.C37H21NO2/c1-5-17-37(18-6-1)55-50-35-48-45-26-14-16-28-53(45)59-54(48)36-46(50)43-31-30-42(57(39-19-7-2-8-20-39)40-21-9-3-10-22-40)34-49(43)56(55)38-29-32-52-47(33-38)44-25-13-15-27-51(44)58(52)41-23-11-4-12-24-41;1-3-11-28(12-4-1)29-19-21-33-38-27-44-40(36-16-8-10-18-43(36)46-44)25-31(38)24-37(39(33)23-29)30-20-22-35-34-15-7-9-17-41(34)45(42(35)26-30)32-13-5-2-6-14-32;1-3-9-34-27(7-1)32-17-23(12-14-36(32)39-34)29-18-25-19-33-28-8-2-4-10-35(28)40-37(33)20-30(25)31-16-22(11-13-26(29)31)24-6-5-15-38-21-24/h1-36H;1-27H;1-21H. The summed E-state index contributed by atoms with van der Waals surface area (Å²) in [4.78, 5) is 6.71. The van der Waals surface area contributed by atoms with Crippen molar-refractivity contribution in [2.24, 2.45) is 0 Å². The number of hydrogen-bond donors (Lipinski definition) is 0. The van der Waals surface area contributed by atoms with Crippen LogP contribution in [0.2, 0.25) is 0 Å². The Morgan fingerprint density at radius 3 is 1.26 bits per heavy atom. The third kappa shape index (κ3) is 13.9. The molecule has 0 fully saturated rings. The number of benzene rings is 24. The van der Waals surface area contributed by atoms with Gasteiger partial charge in [-0.15, -0.1) is 11.3 Å². The molecule has 7 aromatic heterocycles. The second-order valence-electron chi connectivity index (χ2n) is 37.8. The number of fused-ring (bicyclic) bond motifs is 27. The van der Waals surface area contributed by atoms with Crippen LogP contribution in [-0.2, 0) is 0 Å². The van der Waals surface area contributed by atoms with E-state index < -0.39 is 0 Å². The lowest BCUT2D eigenvalue weighted by Gasteiger charge is -2.27. The van der Waals surface area contributed by atoms with Gasteiger partial charge in [-0.2, -0.15) is 0 Å². The molecule has 24 aromatic carbocycles. The molecule has 676 valence electrons. The van der Waals surface area contributed by atoms with Crippen molar-refractivity contribution in [3.05, 3.63) is 510 Å². The van der Waals surface area contributed by atoms with Gasteiger partial charge in [0.05, 0.1) is 22.1 Å². The molecule has 0 radical (unpaired) electrons. The maximum Gasteiger partial charge on any atom is 0.136 e. The maximum absolute atomic E-state index is 6.56. The highest BCUT2D eigenvalue weighted by atomic mass is 32.1. The number of pyridine rings is 1. The lowest BCUT2D eigenvalue weighted by Crippen LogP contribution is -2.09. The van der Waals surface area contributed by atoms with Crippen molar-refractivity contribution in [3.63, 3.8) is 0 Å². The van der Waals surface area contributed by atoms with Crippen LogP contribution >= 0.6 is 11.3 Å². The average molecular weight is 1870 g/mol. The maximum atomic E-state index is 6.56. The second kappa shape index (κ2) is 33.9. The fraction of sp³-hybridized carbons (Fsp3) is 0. The van der Waals surface area contributed by atoms with Crippen LogP contribution in [0, 0.1) is 0 Å². The van der Waals surface area contributed by atoms with Gasteiger partial charge in [0, 0.05) is 120 Å². The van der Waals surface area contributed by atoms with Crippen molar-refractivity contribution in [2.45, 2.75) is 0 Å². The zero-order chi connectivity index (χ0) is 95.3. The van der Waals surface area contributed by atoms with E-state index in [4.69, 9.17) is 13.3 Å². The molecule has 7 nitrogen and oxygen atoms in total. The molecule has 0 aliphatic rings. The van der Waals surface area contributed by atoms with Crippen molar-refractivity contribution < 1.29 is 13.3 Å². The molecule has 0 amide bonds. The van der Waals surface area contributed by atoms with Gasteiger partial charge < -0.3 is 27.3 Å². The summed E-state index contributed by atoms with van der Waals surface area (Å²) in [6.07, 6.45) is 3.73. The molecule has 0 saturated heterocycles. The third-order valence-electron chi connectivity index (χ3n) is 29.6. The molecule has 0 atom stereocenters. The largest absolute Gasteiger partial charge is 0.456 e. The number of aromatic nitrogens is 3. The summed E-state index contributed by atoms with van der Waals surface area (Å²) in [6.45, 7) is 0. The van der Waals surface area contributed by atoms with E-state index >= 15 is 0 Å². The lowest BCUT2D eigenvalue weighted by molar-refractivity contribution is 0.668. The summed E-state index contributed by atoms with van der Waals surface area (Å²) in [5.41, 5.74) is 30.1. The predicted octanol–water partition coefficient (Wildman–Crippen LogP) is 39.1. The minimum atomic E-state index is 0.890. The van der Waals surface area contributed by atoms with Gasteiger partial charge in [0.25, 0.3) is 0 Å². The van der Waals surface area contributed by atoms with Gasteiger partial charge in [-0.05, 0) is 320 Å². The first-order valence-corrected chi connectivity index (χ1v) is 50.2. The molecule has 0 aliphatic carbocycles. The number of rotatable bonds is 11. The summed E-state index contributed by atoms with van der Waals surface area (Å²) in [6, 6.07) is 180. The van der Waals surface area contributed by atoms with Gasteiger partial charge >= 0.3 is 0 Å². The Bertz CT molecular complexity index is 10600. The van der Waals surface area contributed by atoms with E-state index in [2.05, 4.69) is 480 Å². The molecule has 0 bridgehead atoms. The summed E-state index contributed by atoms with van der Waals surface area (Å²) in [5.74, 6) is 0. The first kappa shape index (κ1) is 83.0. The summed E-state index contributed by atoms with van der Waals surface area (Å²) < 4.78 is 26.5. The Labute approximate surface area is 836 Å². The third-order valence-corrected chi connectivity index (χ3v) is 30.7. The zero-order valence-corrected chi connectivity index (χ0v) is 79.2. The number of hydrogen-bond acceptors (Lipinski definition) is 6. The van der Waals surface area contributed by atoms with Crippen molar-refractivity contribution in [2.75, 3.05) is 4.90 Å². The molecule has 0 aliphatic heterocycles. The normalized spacial score (nSPS) is 11.9. The van der Waals surface area contributed by atoms with Crippen molar-refractivity contribution in [1.82, 2.24) is 14.1 Å². The Morgan fingerprint density at radius 2 is 0.600 bits per heavy atom. The monoisotopic (exact) mass is 1860 g/mol. The van der Waals surface area contributed by atoms with E-state index in [-0.39, 0.29) is 0 Å². The highest BCUT2D eigenvalue weighted by Gasteiger charge is 2.27. The van der Waals surface area contributed by atoms with Gasteiger partial charge in [0.2, 0.25) is 0 Å². The van der Waals surface area contributed by atoms with E-state index in [1.54, 1.807) is 0 Å². The second-order valence-corrected chi connectivity index (χ2v) is 38.9. The molecule has 0 unspecified atom stereocenters. The Hall–Kier alpha value is -19.0. The number of nitrogens with zero attached hydrogens (tertiary/aromatic N) is 4. The van der Waals surface area contributed by atoms with Crippen molar-refractivity contribution in [1.29, 1.82) is 0 Å². The molecular formula is C137H84N4O3S. The smallest absolute Gasteiger partial charge is 0.136 e. The number of anilines is 3. The predicted molar refractivity (Wildman–Crippen MR) is 613 cm³/mol. The number of thiophene rings is 1. The highest BCUT2D eigenvalue weighted by molar-refractivity contribution is 7.25. The van der Waals surface area contributed by atoms with Crippen LogP contribution < -0.4 is 4.90 Å². The van der Waals surface area contributed by atoms with Gasteiger partial charge in [-0.1, -0.05) is 303 Å².